The first-order chi connectivity index (χ1) is 22.1. The Morgan fingerprint density at radius 1 is 1.04 bits per heavy atom. The van der Waals surface area contributed by atoms with E-state index in [2.05, 4.69) is 16.0 Å². The number of benzene rings is 2. The molecule has 4 rings (SSSR count). The highest BCUT2D eigenvalue weighted by atomic mass is 16.5. The fourth-order valence-corrected chi connectivity index (χ4v) is 6.05. The lowest BCUT2D eigenvalue weighted by Crippen LogP contribution is -2.59. The van der Waals surface area contributed by atoms with Crippen molar-refractivity contribution in [2.24, 2.45) is 5.92 Å². The maximum atomic E-state index is 13.8. The van der Waals surface area contributed by atoms with Crippen molar-refractivity contribution < 1.29 is 24.2 Å². The van der Waals surface area contributed by atoms with Gasteiger partial charge in [-0.15, -0.1) is 0 Å². The molecule has 4 atom stereocenters. The molecule has 9 heteroatoms. The predicted octanol–water partition coefficient (Wildman–Crippen LogP) is 4.53. The SMILES string of the molecule is Cc1cccc(C)c1OCC(=O)NC(Cc1ccccc1)C(O)CC(C=C1C=CC=CC1)NC(=O)C(C(C)C)N1CCCNC1=O. The molecule has 1 heterocycles. The zero-order valence-electron chi connectivity index (χ0n) is 27.4. The van der Waals surface area contributed by atoms with Crippen molar-refractivity contribution in [1.82, 2.24) is 20.9 Å². The van der Waals surface area contributed by atoms with E-state index in [9.17, 15) is 19.5 Å². The van der Waals surface area contributed by atoms with E-state index in [1.165, 1.54) is 0 Å². The summed E-state index contributed by atoms with van der Waals surface area (Å²) in [5.74, 6) is -0.0783. The van der Waals surface area contributed by atoms with Crippen LogP contribution in [0.15, 0.2) is 84.5 Å². The number of ether oxygens (including phenoxy) is 1. The van der Waals surface area contributed by atoms with Crippen molar-refractivity contribution >= 4 is 17.8 Å². The smallest absolute Gasteiger partial charge is 0.318 e. The van der Waals surface area contributed by atoms with Gasteiger partial charge in [-0.05, 0) is 67.7 Å². The lowest BCUT2D eigenvalue weighted by atomic mass is 9.93. The first-order valence-corrected chi connectivity index (χ1v) is 16.2. The molecule has 2 aliphatic rings. The van der Waals surface area contributed by atoms with Crippen molar-refractivity contribution in [3.63, 3.8) is 0 Å². The van der Waals surface area contributed by atoms with Gasteiger partial charge in [0.25, 0.3) is 5.91 Å². The second-order valence-corrected chi connectivity index (χ2v) is 12.5. The van der Waals surface area contributed by atoms with E-state index in [0.29, 0.717) is 31.7 Å². The Labute approximate surface area is 272 Å². The normalized spacial score (nSPS) is 18.1. The van der Waals surface area contributed by atoms with Crippen LogP contribution in [0, 0.1) is 19.8 Å². The summed E-state index contributed by atoms with van der Waals surface area (Å²) in [6.45, 7) is 8.61. The lowest BCUT2D eigenvalue weighted by Gasteiger charge is -2.37. The minimum absolute atomic E-state index is 0.124. The van der Waals surface area contributed by atoms with Crippen LogP contribution in [0.2, 0.25) is 0 Å². The third kappa shape index (κ3) is 9.81. The Balaban J connectivity index is 1.53. The number of urea groups is 1. The molecule has 1 saturated heterocycles. The molecule has 0 bridgehead atoms. The summed E-state index contributed by atoms with van der Waals surface area (Å²) in [5.41, 5.74) is 3.84. The summed E-state index contributed by atoms with van der Waals surface area (Å²) in [7, 11) is 0. The molecule has 4 unspecified atom stereocenters. The van der Waals surface area contributed by atoms with Gasteiger partial charge in [0.15, 0.2) is 6.61 Å². The van der Waals surface area contributed by atoms with Gasteiger partial charge in [0.2, 0.25) is 5.91 Å². The van der Waals surface area contributed by atoms with Crippen LogP contribution in [-0.2, 0) is 16.0 Å². The highest BCUT2D eigenvalue weighted by Gasteiger charge is 2.35. The van der Waals surface area contributed by atoms with Crippen LogP contribution in [0.25, 0.3) is 0 Å². The Kier molecular flexibility index (Phi) is 12.6. The van der Waals surface area contributed by atoms with Gasteiger partial charge in [-0.25, -0.2) is 4.79 Å². The van der Waals surface area contributed by atoms with Gasteiger partial charge in [-0.2, -0.15) is 0 Å². The highest BCUT2D eigenvalue weighted by molar-refractivity contribution is 5.88. The zero-order chi connectivity index (χ0) is 33.1. The first-order valence-electron chi connectivity index (χ1n) is 16.2. The first kappa shape index (κ1) is 34.5. The summed E-state index contributed by atoms with van der Waals surface area (Å²) < 4.78 is 5.90. The molecule has 4 amide bonds. The number of rotatable bonds is 14. The molecule has 1 fully saturated rings. The van der Waals surface area contributed by atoms with E-state index in [1.54, 1.807) is 4.90 Å². The van der Waals surface area contributed by atoms with Gasteiger partial charge < -0.3 is 30.7 Å². The summed E-state index contributed by atoms with van der Waals surface area (Å²) in [6.07, 6.45) is 10.9. The number of aliphatic hydroxyl groups is 1. The van der Waals surface area contributed by atoms with Crippen LogP contribution in [0.4, 0.5) is 4.79 Å². The number of carbonyl (C=O) groups excluding carboxylic acids is 3. The number of aliphatic hydroxyl groups excluding tert-OH is 1. The summed E-state index contributed by atoms with van der Waals surface area (Å²) in [6, 6.07) is 13.4. The second-order valence-electron chi connectivity index (χ2n) is 12.5. The van der Waals surface area contributed by atoms with Crippen LogP contribution in [0.1, 0.15) is 49.8 Å². The number of aryl methyl sites for hydroxylation is 2. The average molecular weight is 629 g/mol. The van der Waals surface area contributed by atoms with E-state index in [1.807, 2.05) is 107 Å². The zero-order valence-corrected chi connectivity index (χ0v) is 27.4. The van der Waals surface area contributed by atoms with Crippen molar-refractivity contribution in [1.29, 1.82) is 0 Å². The number of nitrogens with one attached hydrogen (secondary N) is 3. The summed E-state index contributed by atoms with van der Waals surface area (Å²) in [4.78, 5) is 41.3. The van der Waals surface area contributed by atoms with E-state index in [-0.39, 0.29) is 36.8 Å². The number of hydrogen-bond donors (Lipinski definition) is 4. The fraction of sp³-hybridized carbons (Fsp3) is 0.432. The third-order valence-corrected chi connectivity index (χ3v) is 8.36. The third-order valence-electron chi connectivity index (χ3n) is 8.36. The highest BCUT2D eigenvalue weighted by Crippen LogP contribution is 2.23. The number of amides is 4. The van der Waals surface area contributed by atoms with Gasteiger partial charge in [0.1, 0.15) is 11.8 Å². The molecular formula is C37H48N4O5. The standard InChI is InChI=1S/C37H48N4O5/c1-25(2)34(41-20-12-19-38-37(41)45)36(44)39-30(21-28-15-7-5-8-16-28)23-32(42)31(22-29-17-9-6-10-18-29)40-33(43)24-46-35-26(3)13-11-14-27(35)4/h5-11,13-15,17-18,21,25,30-32,34,42H,12,16,19-20,22-24H2,1-4H3,(H,38,45)(H,39,44)(H,40,43). The molecule has 9 nitrogen and oxygen atoms in total. The van der Waals surface area contributed by atoms with Crippen LogP contribution >= 0.6 is 0 Å². The summed E-state index contributed by atoms with van der Waals surface area (Å²) in [5, 5.41) is 20.7. The molecule has 246 valence electrons. The molecule has 0 saturated carbocycles. The average Bonchev–Trinajstić information content (AvgIpc) is 3.02. The van der Waals surface area contributed by atoms with Gasteiger partial charge in [0, 0.05) is 13.1 Å². The van der Waals surface area contributed by atoms with Gasteiger partial charge in [-0.1, -0.05) is 92.8 Å². The van der Waals surface area contributed by atoms with Crippen molar-refractivity contribution in [3.8, 4) is 5.75 Å². The minimum Gasteiger partial charge on any atom is -0.483 e. The van der Waals surface area contributed by atoms with Crippen molar-refractivity contribution in [2.45, 2.75) is 77.6 Å². The molecule has 0 radical (unpaired) electrons. The molecular weight excluding hydrogens is 580 g/mol. The molecule has 2 aromatic rings. The number of nitrogens with zero attached hydrogens (tertiary/aromatic N) is 1. The van der Waals surface area contributed by atoms with Gasteiger partial charge in [-0.3, -0.25) is 9.59 Å². The Bertz CT molecular complexity index is 1410. The molecule has 1 aliphatic carbocycles. The maximum Gasteiger partial charge on any atom is 0.318 e. The van der Waals surface area contributed by atoms with Crippen molar-refractivity contribution in [2.75, 3.05) is 19.7 Å². The van der Waals surface area contributed by atoms with E-state index < -0.39 is 24.2 Å². The van der Waals surface area contributed by atoms with E-state index in [0.717, 1.165) is 28.7 Å². The predicted molar refractivity (Wildman–Crippen MR) is 180 cm³/mol. The van der Waals surface area contributed by atoms with Gasteiger partial charge in [0.05, 0.1) is 18.2 Å². The largest absolute Gasteiger partial charge is 0.483 e. The molecule has 0 spiro atoms. The number of carbonyl (C=O) groups is 3. The quantitative estimate of drug-likeness (QED) is 0.245. The van der Waals surface area contributed by atoms with Crippen LogP contribution < -0.4 is 20.7 Å². The minimum atomic E-state index is -1.01. The van der Waals surface area contributed by atoms with Crippen LogP contribution in [0.5, 0.6) is 5.75 Å². The Hall–Kier alpha value is -4.37. The molecule has 0 aromatic heterocycles. The van der Waals surface area contributed by atoms with E-state index >= 15 is 0 Å². The molecule has 4 N–H and O–H groups in total. The molecule has 46 heavy (non-hydrogen) atoms. The fourth-order valence-electron chi connectivity index (χ4n) is 6.05. The topological polar surface area (TPSA) is 120 Å². The Morgan fingerprint density at radius 2 is 1.78 bits per heavy atom. The number of hydrogen-bond acceptors (Lipinski definition) is 5. The number of allylic oxidation sites excluding steroid dienone is 5. The second kappa shape index (κ2) is 16.8. The Morgan fingerprint density at radius 3 is 2.43 bits per heavy atom. The van der Waals surface area contributed by atoms with Crippen LogP contribution in [0.3, 0.4) is 0 Å². The maximum absolute atomic E-state index is 13.8. The summed E-state index contributed by atoms with van der Waals surface area (Å²) >= 11 is 0. The lowest BCUT2D eigenvalue weighted by molar-refractivity contribution is -0.128. The van der Waals surface area contributed by atoms with Gasteiger partial charge >= 0.3 is 6.03 Å². The number of para-hydroxylation sites is 1. The van der Waals surface area contributed by atoms with Crippen LogP contribution in [-0.4, -0.2) is 71.8 Å². The monoisotopic (exact) mass is 628 g/mol. The van der Waals surface area contributed by atoms with Crippen molar-refractivity contribution in [3.05, 3.63) is 101 Å². The molecule has 2 aromatic carbocycles. The molecule has 1 aliphatic heterocycles. The van der Waals surface area contributed by atoms with E-state index in [4.69, 9.17) is 4.74 Å².